The van der Waals surface area contributed by atoms with Crippen molar-refractivity contribution in [1.82, 2.24) is 5.32 Å². The molecule has 0 aromatic rings. The molecule has 0 radical (unpaired) electrons. The Balaban J connectivity index is 2.51. The Bertz CT molecular complexity index is 287. The number of carbonyl (C=O) groups is 1. The van der Waals surface area contributed by atoms with Crippen molar-refractivity contribution in [2.45, 2.75) is 77.5 Å². The monoisotopic (exact) mass is 256 g/mol. The first-order valence-corrected chi connectivity index (χ1v) is 6.87. The molecule has 18 heavy (non-hydrogen) atoms. The first kappa shape index (κ1) is 15.3. The van der Waals surface area contributed by atoms with E-state index < -0.39 is 5.60 Å². The molecule has 0 aliphatic heterocycles. The molecule has 1 fully saturated rings. The van der Waals surface area contributed by atoms with Crippen LogP contribution in [0.2, 0.25) is 0 Å². The molecule has 1 aliphatic rings. The van der Waals surface area contributed by atoms with Crippen LogP contribution < -0.4 is 11.1 Å². The van der Waals surface area contributed by atoms with E-state index in [1.54, 1.807) is 0 Å². The number of nitrogens with one attached hydrogen (secondary N) is 1. The average Bonchev–Trinajstić information content (AvgIpc) is 2.13. The van der Waals surface area contributed by atoms with E-state index in [2.05, 4.69) is 19.2 Å². The third-order valence-electron chi connectivity index (χ3n) is 3.62. The Morgan fingerprint density at radius 1 is 1.11 bits per heavy atom. The molecule has 106 valence electrons. The molecule has 0 bridgehead atoms. The number of hydrogen-bond donors (Lipinski definition) is 2. The number of nitrogens with two attached hydrogens (primary N) is 1. The predicted molar refractivity (Wildman–Crippen MR) is 73.4 cm³/mol. The summed E-state index contributed by atoms with van der Waals surface area (Å²) in [5.41, 5.74) is 5.23. The molecule has 0 spiro atoms. The zero-order valence-electron chi connectivity index (χ0n) is 12.4. The lowest BCUT2D eigenvalue weighted by Crippen LogP contribution is -2.52. The van der Waals surface area contributed by atoms with Crippen molar-refractivity contribution in [2.24, 2.45) is 11.7 Å². The minimum Gasteiger partial charge on any atom is -0.444 e. The maximum atomic E-state index is 11.8. The molecule has 1 saturated carbocycles. The van der Waals surface area contributed by atoms with Crippen molar-refractivity contribution in [3.05, 3.63) is 0 Å². The van der Waals surface area contributed by atoms with Crippen LogP contribution in [-0.2, 0) is 4.74 Å². The minimum atomic E-state index is -0.449. The van der Waals surface area contributed by atoms with Crippen LogP contribution in [0.4, 0.5) is 4.79 Å². The van der Waals surface area contributed by atoms with E-state index >= 15 is 0 Å². The van der Waals surface area contributed by atoms with Gasteiger partial charge in [0.2, 0.25) is 0 Å². The zero-order chi connectivity index (χ0) is 14.0. The van der Waals surface area contributed by atoms with E-state index in [9.17, 15) is 4.79 Å². The first-order valence-electron chi connectivity index (χ1n) is 6.87. The lowest BCUT2D eigenvalue weighted by atomic mass is 9.75. The molecule has 0 aromatic heterocycles. The fourth-order valence-electron chi connectivity index (χ4n) is 2.51. The number of ether oxygens (including phenoxy) is 1. The number of alkyl carbamates (subject to hydrolysis) is 1. The Hall–Kier alpha value is -0.770. The molecule has 0 saturated heterocycles. The number of hydrogen-bond acceptors (Lipinski definition) is 3. The van der Waals surface area contributed by atoms with Gasteiger partial charge in [0, 0.05) is 11.6 Å². The van der Waals surface area contributed by atoms with Crippen molar-refractivity contribution in [1.29, 1.82) is 0 Å². The SMILES string of the molecule is CC(C)(C)OC(=O)NC(C)(C)C1CCC(N)CC1. The number of amides is 1. The van der Waals surface area contributed by atoms with E-state index in [4.69, 9.17) is 10.5 Å². The summed E-state index contributed by atoms with van der Waals surface area (Å²) < 4.78 is 5.31. The number of carbonyl (C=O) groups excluding carboxylic acids is 1. The lowest BCUT2D eigenvalue weighted by molar-refractivity contribution is 0.0415. The zero-order valence-corrected chi connectivity index (χ0v) is 12.4. The fraction of sp³-hybridized carbons (Fsp3) is 0.929. The van der Waals surface area contributed by atoms with Gasteiger partial charge in [-0.2, -0.15) is 0 Å². The Morgan fingerprint density at radius 2 is 1.61 bits per heavy atom. The summed E-state index contributed by atoms with van der Waals surface area (Å²) in [6.07, 6.45) is 3.91. The predicted octanol–water partition coefficient (Wildman–Crippen LogP) is 2.81. The van der Waals surface area contributed by atoms with Crippen LogP contribution in [0.25, 0.3) is 0 Å². The van der Waals surface area contributed by atoms with E-state index in [0.717, 1.165) is 25.7 Å². The van der Waals surface area contributed by atoms with Crippen LogP contribution in [0.1, 0.15) is 60.3 Å². The fourth-order valence-corrected chi connectivity index (χ4v) is 2.51. The van der Waals surface area contributed by atoms with E-state index in [0.29, 0.717) is 12.0 Å². The summed E-state index contributed by atoms with van der Waals surface area (Å²) in [5, 5.41) is 3.00. The second-order valence-corrected chi connectivity index (χ2v) is 6.96. The Kier molecular flexibility index (Phi) is 4.65. The highest BCUT2D eigenvalue weighted by Crippen LogP contribution is 2.32. The summed E-state index contributed by atoms with van der Waals surface area (Å²) in [6, 6.07) is 0.332. The smallest absolute Gasteiger partial charge is 0.408 e. The standard InChI is InChI=1S/C14H28N2O2/c1-13(2,3)18-12(17)16-14(4,5)10-6-8-11(15)9-7-10/h10-11H,6-9,15H2,1-5H3,(H,16,17). The maximum absolute atomic E-state index is 11.8. The van der Waals surface area contributed by atoms with E-state index in [1.807, 2.05) is 20.8 Å². The molecular weight excluding hydrogens is 228 g/mol. The van der Waals surface area contributed by atoms with Crippen LogP contribution in [0.15, 0.2) is 0 Å². The highest BCUT2D eigenvalue weighted by molar-refractivity contribution is 5.68. The van der Waals surface area contributed by atoms with E-state index in [1.165, 1.54) is 0 Å². The van der Waals surface area contributed by atoms with Gasteiger partial charge in [0.25, 0.3) is 0 Å². The summed E-state index contributed by atoms with van der Waals surface area (Å²) in [6.45, 7) is 9.76. The van der Waals surface area contributed by atoms with Crippen molar-refractivity contribution >= 4 is 6.09 Å². The second-order valence-electron chi connectivity index (χ2n) is 6.96. The van der Waals surface area contributed by atoms with Crippen molar-refractivity contribution < 1.29 is 9.53 Å². The third-order valence-corrected chi connectivity index (χ3v) is 3.62. The van der Waals surface area contributed by atoms with Gasteiger partial charge in [-0.1, -0.05) is 0 Å². The average molecular weight is 256 g/mol. The summed E-state index contributed by atoms with van der Waals surface area (Å²) >= 11 is 0. The maximum Gasteiger partial charge on any atom is 0.408 e. The molecule has 0 aromatic carbocycles. The highest BCUT2D eigenvalue weighted by atomic mass is 16.6. The quantitative estimate of drug-likeness (QED) is 0.798. The second kappa shape index (κ2) is 5.47. The van der Waals surface area contributed by atoms with Crippen molar-refractivity contribution in [3.63, 3.8) is 0 Å². The van der Waals surface area contributed by atoms with Gasteiger partial charge in [0.05, 0.1) is 0 Å². The van der Waals surface area contributed by atoms with Crippen molar-refractivity contribution in [2.75, 3.05) is 0 Å². The van der Waals surface area contributed by atoms with Crippen LogP contribution in [0.5, 0.6) is 0 Å². The van der Waals surface area contributed by atoms with Gasteiger partial charge in [-0.25, -0.2) is 4.79 Å². The largest absolute Gasteiger partial charge is 0.444 e. The Morgan fingerprint density at radius 3 is 2.06 bits per heavy atom. The molecule has 0 atom stereocenters. The van der Waals surface area contributed by atoms with Gasteiger partial charge < -0.3 is 15.8 Å². The Labute approximate surface area is 111 Å². The van der Waals surface area contributed by atoms with Crippen LogP contribution >= 0.6 is 0 Å². The molecule has 3 N–H and O–H groups in total. The first-order chi connectivity index (χ1) is 8.10. The molecule has 1 aliphatic carbocycles. The normalized spacial score (nSPS) is 25.7. The summed E-state index contributed by atoms with van der Waals surface area (Å²) in [7, 11) is 0. The topological polar surface area (TPSA) is 64.3 Å². The summed E-state index contributed by atoms with van der Waals surface area (Å²) in [5.74, 6) is 0.477. The van der Waals surface area contributed by atoms with Gasteiger partial charge >= 0.3 is 6.09 Å². The molecule has 0 unspecified atom stereocenters. The van der Waals surface area contributed by atoms with Crippen molar-refractivity contribution in [3.8, 4) is 0 Å². The lowest BCUT2D eigenvalue weighted by Gasteiger charge is -2.39. The minimum absolute atomic E-state index is 0.234. The highest BCUT2D eigenvalue weighted by Gasteiger charge is 2.34. The third kappa shape index (κ3) is 4.84. The molecule has 0 heterocycles. The van der Waals surface area contributed by atoms with Gasteiger partial charge in [0.1, 0.15) is 5.60 Å². The van der Waals surface area contributed by atoms with Crippen LogP contribution in [0.3, 0.4) is 0 Å². The molecule has 1 amide bonds. The molecule has 1 rings (SSSR count). The number of rotatable bonds is 2. The van der Waals surface area contributed by atoms with Gasteiger partial charge in [0.15, 0.2) is 0 Å². The molecule has 4 nitrogen and oxygen atoms in total. The van der Waals surface area contributed by atoms with Gasteiger partial charge in [-0.05, 0) is 66.2 Å². The van der Waals surface area contributed by atoms with Gasteiger partial charge in [-0.3, -0.25) is 0 Å². The molecule has 4 heteroatoms. The summed E-state index contributed by atoms with van der Waals surface area (Å²) in [4.78, 5) is 11.8. The van der Waals surface area contributed by atoms with Crippen LogP contribution in [-0.4, -0.2) is 23.3 Å². The van der Waals surface area contributed by atoms with Gasteiger partial charge in [-0.15, -0.1) is 0 Å². The molecular formula is C14H28N2O2. The van der Waals surface area contributed by atoms with Crippen LogP contribution in [0, 0.1) is 5.92 Å². The van der Waals surface area contributed by atoms with E-state index in [-0.39, 0.29) is 11.6 Å².